The molecule has 1 N–H and O–H groups in total. The maximum Gasteiger partial charge on any atom is 0.125 e. The first-order chi connectivity index (χ1) is 6.75. The van der Waals surface area contributed by atoms with Gasteiger partial charge in [-0.15, -0.1) is 0 Å². The molecule has 1 nitrogen and oxygen atoms in total. The molecule has 1 aromatic carbocycles. The van der Waals surface area contributed by atoms with Crippen molar-refractivity contribution in [1.29, 1.82) is 0 Å². The van der Waals surface area contributed by atoms with Crippen molar-refractivity contribution in [2.45, 2.75) is 18.8 Å². The van der Waals surface area contributed by atoms with Crippen molar-refractivity contribution in [3.8, 4) is 0 Å². The Morgan fingerprint density at radius 2 is 2.14 bits per heavy atom. The third-order valence-corrected chi connectivity index (χ3v) is 3.38. The summed E-state index contributed by atoms with van der Waals surface area (Å²) >= 11 is 3.36. The maximum atomic E-state index is 13.2. The molecule has 2 aromatic rings. The summed E-state index contributed by atoms with van der Waals surface area (Å²) in [5, 5.41) is 1.03. The number of benzene rings is 1. The number of nitrogens with one attached hydrogen (secondary N) is 1. The number of hydrogen-bond acceptors (Lipinski definition) is 0. The van der Waals surface area contributed by atoms with Crippen LogP contribution in [0.4, 0.5) is 4.39 Å². The van der Waals surface area contributed by atoms with Crippen LogP contribution in [0.25, 0.3) is 10.9 Å². The molecule has 1 saturated carbocycles. The van der Waals surface area contributed by atoms with Gasteiger partial charge in [0.2, 0.25) is 0 Å². The van der Waals surface area contributed by atoms with Crippen LogP contribution in [0.1, 0.15) is 24.3 Å². The third kappa shape index (κ3) is 1.19. The van der Waals surface area contributed by atoms with Crippen LogP contribution in [-0.4, -0.2) is 4.98 Å². The number of hydrogen-bond donors (Lipinski definition) is 1. The fourth-order valence-corrected chi connectivity index (χ4v) is 2.45. The first-order valence-corrected chi connectivity index (χ1v) is 5.51. The van der Waals surface area contributed by atoms with Crippen LogP contribution in [0.2, 0.25) is 0 Å². The largest absolute Gasteiger partial charge is 0.360 e. The molecular weight excluding hydrogens is 245 g/mol. The minimum Gasteiger partial charge on any atom is -0.360 e. The smallest absolute Gasteiger partial charge is 0.125 e. The Morgan fingerprint density at radius 3 is 2.86 bits per heavy atom. The van der Waals surface area contributed by atoms with E-state index in [1.807, 2.05) is 6.20 Å². The van der Waals surface area contributed by atoms with Crippen molar-refractivity contribution in [3.05, 3.63) is 34.2 Å². The minimum atomic E-state index is -0.175. The summed E-state index contributed by atoms with van der Waals surface area (Å²) in [5.74, 6) is 0.475. The highest BCUT2D eigenvalue weighted by Gasteiger charge is 2.26. The van der Waals surface area contributed by atoms with Crippen LogP contribution in [-0.2, 0) is 0 Å². The van der Waals surface area contributed by atoms with E-state index < -0.39 is 0 Å². The van der Waals surface area contributed by atoms with Crippen molar-refractivity contribution >= 4 is 26.8 Å². The van der Waals surface area contributed by atoms with Gasteiger partial charge in [0.1, 0.15) is 5.82 Å². The Hall–Kier alpha value is -0.830. The molecule has 3 rings (SSSR count). The molecular formula is C11H9BrFN. The van der Waals surface area contributed by atoms with E-state index in [0.29, 0.717) is 5.92 Å². The van der Waals surface area contributed by atoms with Crippen LogP contribution in [0.5, 0.6) is 0 Å². The average Bonchev–Trinajstić information content (AvgIpc) is 2.87. The highest BCUT2D eigenvalue weighted by molar-refractivity contribution is 9.10. The molecule has 0 amide bonds. The van der Waals surface area contributed by atoms with Gasteiger partial charge in [0.05, 0.1) is 5.52 Å². The molecule has 1 heterocycles. The normalized spacial score (nSPS) is 16.4. The van der Waals surface area contributed by atoms with Gasteiger partial charge in [-0.2, -0.15) is 0 Å². The van der Waals surface area contributed by atoms with Gasteiger partial charge in [-0.3, -0.25) is 0 Å². The Balaban J connectivity index is 2.33. The molecule has 1 aliphatic carbocycles. The van der Waals surface area contributed by atoms with Crippen LogP contribution in [0, 0.1) is 5.82 Å². The molecule has 0 spiro atoms. The van der Waals surface area contributed by atoms with E-state index in [4.69, 9.17) is 0 Å². The fraction of sp³-hybridized carbons (Fsp3) is 0.273. The minimum absolute atomic E-state index is 0.175. The predicted octanol–water partition coefficient (Wildman–Crippen LogP) is 3.95. The van der Waals surface area contributed by atoms with E-state index in [2.05, 4.69) is 20.9 Å². The van der Waals surface area contributed by atoms with Gasteiger partial charge < -0.3 is 4.98 Å². The highest BCUT2D eigenvalue weighted by Crippen LogP contribution is 2.44. The predicted molar refractivity (Wildman–Crippen MR) is 57.9 cm³/mol. The Labute approximate surface area is 89.4 Å². The van der Waals surface area contributed by atoms with Gasteiger partial charge in [-0.1, -0.05) is 0 Å². The monoisotopic (exact) mass is 253 g/mol. The standard InChI is InChI=1S/C11H9BrFN/c12-10-4-7(13)3-8-9(6-1-2-6)5-14-11(8)10/h3-6,14H,1-2H2. The first-order valence-electron chi connectivity index (χ1n) is 4.72. The second kappa shape index (κ2) is 2.83. The molecule has 0 atom stereocenters. The van der Waals surface area contributed by atoms with E-state index in [1.165, 1.54) is 24.5 Å². The lowest BCUT2D eigenvalue weighted by Gasteiger charge is -1.97. The molecule has 3 heteroatoms. The SMILES string of the molecule is Fc1cc(Br)c2[nH]cc(C3CC3)c2c1. The van der Waals surface area contributed by atoms with Crippen LogP contribution >= 0.6 is 15.9 Å². The molecule has 0 aliphatic heterocycles. The Morgan fingerprint density at radius 1 is 1.36 bits per heavy atom. The van der Waals surface area contributed by atoms with Crippen LogP contribution in [0.15, 0.2) is 22.8 Å². The van der Waals surface area contributed by atoms with Crippen molar-refractivity contribution in [2.24, 2.45) is 0 Å². The second-order valence-corrected chi connectivity index (χ2v) is 4.68. The van der Waals surface area contributed by atoms with Crippen LogP contribution in [0.3, 0.4) is 0 Å². The molecule has 0 bridgehead atoms. The summed E-state index contributed by atoms with van der Waals surface area (Å²) in [6, 6.07) is 3.11. The fourth-order valence-electron chi connectivity index (χ4n) is 1.91. The molecule has 14 heavy (non-hydrogen) atoms. The lowest BCUT2D eigenvalue weighted by Crippen LogP contribution is -1.79. The molecule has 1 aromatic heterocycles. The zero-order valence-electron chi connectivity index (χ0n) is 7.48. The van der Waals surface area contributed by atoms with Crippen LogP contribution < -0.4 is 0 Å². The molecule has 0 unspecified atom stereocenters. The summed E-state index contributed by atoms with van der Waals surface area (Å²) < 4.78 is 14.0. The van der Waals surface area contributed by atoms with Gasteiger partial charge >= 0.3 is 0 Å². The average molecular weight is 254 g/mol. The lowest BCUT2D eigenvalue weighted by molar-refractivity contribution is 0.629. The molecule has 1 aliphatic rings. The van der Waals surface area contributed by atoms with E-state index in [0.717, 1.165) is 15.4 Å². The van der Waals surface area contributed by atoms with Gasteiger partial charge in [-0.25, -0.2) is 4.39 Å². The number of H-pyrrole nitrogens is 1. The molecule has 72 valence electrons. The van der Waals surface area contributed by atoms with Gasteiger partial charge in [0, 0.05) is 16.1 Å². The molecule has 1 fully saturated rings. The van der Waals surface area contributed by atoms with E-state index in [-0.39, 0.29) is 5.82 Å². The summed E-state index contributed by atoms with van der Waals surface area (Å²) in [5.41, 5.74) is 2.27. The molecule has 0 saturated heterocycles. The van der Waals surface area contributed by atoms with Gasteiger partial charge in [0.25, 0.3) is 0 Å². The van der Waals surface area contributed by atoms with Crippen molar-refractivity contribution in [1.82, 2.24) is 4.98 Å². The highest BCUT2D eigenvalue weighted by atomic mass is 79.9. The second-order valence-electron chi connectivity index (χ2n) is 3.83. The third-order valence-electron chi connectivity index (χ3n) is 2.76. The first kappa shape index (κ1) is 8.48. The van der Waals surface area contributed by atoms with Crippen molar-refractivity contribution < 1.29 is 4.39 Å². The summed E-state index contributed by atoms with van der Waals surface area (Å²) in [4.78, 5) is 3.19. The topological polar surface area (TPSA) is 15.8 Å². The number of aromatic amines is 1. The van der Waals surface area contributed by atoms with E-state index >= 15 is 0 Å². The number of fused-ring (bicyclic) bond motifs is 1. The van der Waals surface area contributed by atoms with E-state index in [1.54, 1.807) is 6.07 Å². The Bertz CT molecular complexity index is 499. The summed E-state index contributed by atoms with van der Waals surface area (Å²) in [6.45, 7) is 0. The lowest BCUT2D eigenvalue weighted by atomic mass is 10.1. The van der Waals surface area contributed by atoms with Gasteiger partial charge in [-0.05, 0) is 52.4 Å². The van der Waals surface area contributed by atoms with E-state index in [9.17, 15) is 4.39 Å². The van der Waals surface area contributed by atoms with Crippen molar-refractivity contribution in [2.75, 3.05) is 0 Å². The zero-order chi connectivity index (χ0) is 9.71. The summed E-state index contributed by atoms with van der Waals surface area (Å²) in [7, 11) is 0. The van der Waals surface area contributed by atoms with Gasteiger partial charge in [0.15, 0.2) is 0 Å². The zero-order valence-corrected chi connectivity index (χ0v) is 9.07. The molecule has 0 radical (unpaired) electrons. The quantitative estimate of drug-likeness (QED) is 0.793. The summed E-state index contributed by atoms with van der Waals surface area (Å²) in [6.07, 6.45) is 4.48. The number of halogens is 2. The number of rotatable bonds is 1. The van der Waals surface area contributed by atoms with Crippen molar-refractivity contribution in [3.63, 3.8) is 0 Å². The number of aromatic nitrogens is 1. The maximum absolute atomic E-state index is 13.2. The Kier molecular flexibility index (Phi) is 1.71.